The van der Waals surface area contributed by atoms with Crippen LogP contribution in [0.4, 0.5) is 5.00 Å². The van der Waals surface area contributed by atoms with Crippen molar-refractivity contribution in [1.82, 2.24) is 0 Å². The molecular weight excluding hydrogens is 342 g/mol. The lowest BCUT2D eigenvalue weighted by Gasteiger charge is -2.09. The fourth-order valence-corrected chi connectivity index (χ4v) is 3.76. The molecule has 24 heavy (non-hydrogen) atoms. The Morgan fingerprint density at radius 2 is 1.83 bits per heavy atom. The zero-order valence-electron chi connectivity index (χ0n) is 12.4. The maximum Gasteiger partial charge on any atom is 0.249 e. The number of carbonyl (C=O) groups is 2. The van der Waals surface area contributed by atoms with Crippen molar-refractivity contribution in [3.05, 3.63) is 69.7 Å². The molecule has 3 rings (SSSR count). The molecule has 1 amide bonds. The predicted molar refractivity (Wildman–Crippen MR) is 96.1 cm³/mol. The maximum absolute atomic E-state index is 12.0. The number of amides is 1. The van der Waals surface area contributed by atoms with Crippen molar-refractivity contribution in [2.45, 2.75) is 0 Å². The van der Waals surface area contributed by atoms with Crippen molar-refractivity contribution >= 4 is 45.6 Å². The number of thiophene rings is 2. The molecule has 0 aliphatic heterocycles. The van der Waals surface area contributed by atoms with Gasteiger partial charge in [-0.2, -0.15) is 0 Å². The quantitative estimate of drug-likeness (QED) is 0.713. The summed E-state index contributed by atoms with van der Waals surface area (Å²) in [6, 6.07) is 12.9. The largest absolute Gasteiger partial charge is 0.545 e. The van der Waals surface area contributed by atoms with Crippen LogP contribution in [-0.4, -0.2) is 11.9 Å². The minimum absolute atomic E-state index is 0.00377. The van der Waals surface area contributed by atoms with Crippen LogP contribution < -0.4 is 10.4 Å². The Kier molecular flexibility index (Phi) is 4.88. The number of nitrogens with one attached hydrogen (secondary N) is 1. The highest BCUT2D eigenvalue weighted by atomic mass is 32.1. The average Bonchev–Trinajstić information content (AvgIpc) is 3.23. The minimum Gasteiger partial charge on any atom is -0.545 e. The molecule has 3 aromatic rings. The van der Waals surface area contributed by atoms with Gasteiger partial charge in [0.25, 0.3) is 0 Å². The summed E-state index contributed by atoms with van der Waals surface area (Å²) in [6.45, 7) is 0. The fourth-order valence-electron chi connectivity index (χ4n) is 2.18. The lowest BCUT2D eigenvalue weighted by Crippen LogP contribution is -2.24. The van der Waals surface area contributed by atoms with Gasteiger partial charge in [0, 0.05) is 27.5 Å². The zero-order valence-corrected chi connectivity index (χ0v) is 14.0. The van der Waals surface area contributed by atoms with Crippen LogP contribution in [-0.2, 0) is 4.79 Å². The molecular formula is C18H12NO3S2-. The van der Waals surface area contributed by atoms with Gasteiger partial charge in [-0.05, 0) is 23.1 Å². The number of hydrogen-bond donors (Lipinski definition) is 1. The van der Waals surface area contributed by atoms with Gasteiger partial charge in [-0.3, -0.25) is 4.79 Å². The number of benzene rings is 1. The van der Waals surface area contributed by atoms with Gasteiger partial charge in [0.15, 0.2) is 0 Å². The lowest BCUT2D eigenvalue weighted by atomic mass is 10.0. The highest BCUT2D eigenvalue weighted by molar-refractivity contribution is 7.15. The highest BCUT2D eigenvalue weighted by Gasteiger charge is 2.15. The van der Waals surface area contributed by atoms with Crippen LogP contribution in [0.25, 0.3) is 17.2 Å². The summed E-state index contributed by atoms with van der Waals surface area (Å²) < 4.78 is 0. The standard InChI is InChI=1S/C18H13NO3S2/c20-15(9-8-13-7-4-10-23-13)19-17-16(18(21)22)14(11-24-17)12-5-2-1-3-6-12/h1-11H,(H,19,20)(H,21,22)/p-1/b9-8+. The summed E-state index contributed by atoms with van der Waals surface area (Å²) in [5, 5.41) is 18.0. The van der Waals surface area contributed by atoms with Crippen molar-refractivity contribution in [2.75, 3.05) is 5.32 Å². The molecule has 0 aliphatic carbocycles. The van der Waals surface area contributed by atoms with Gasteiger partial charge >= 0.3 is 0 Å². The number of rotatable bonds is 5. The van der Waals surface area contributed by atoms with Crippen LogP contribution >= 0.6 is 22.7 Å². The van der Waals surface area contributed by atoms with Gasteiger partial charge < -0.3 is 15.2 Å². The second-order valence-electron chi connectivity index (χ2n) is 4.84. The van der Waals surface area contributed by atoms with Crippen LogP contribution in [0.1, 0.15) is 15.2 Å². The molecule has 120 valence electrons. The van der Waals surface area contributed by atoms with Crippen molar-refractivity contribution in [2.24, 2.45) is 0 Å². The molecule has 0 saturated heterocycles. The lowest BCUT2D eigenvalue weighted by molar-refractivity contribution is -0.254. The number of carboxylic acids is 1. The van der Waals surface area contributed by atoms with E-state index in [1.165, 1.54) is 28.7 Å². The van der Waals surface area contributed by atoms with E-state index < -0.39 is 5.97 Å². The molecule has 1 N–H and O–H groups in total. The Balaban J connectivity index is 1.85. The van der Waals surface area contributed by atoms with E-state index in [1.807, 2.05) is 47.8 Å². The smallest absolute Gasteiger partial charge is 0.249 e. The molecule has 0 fully saturated rings. The first-order chi connectivity index (χ1) is 11.6. The number of hydrogen-bond acceptors (Lipinski definition) is 5. The van der Waals surface area contributed by atoms with E-state index >= 15 is 0 Å². The van der Waals surface area contributed by atoms with Crippen molar-refractivity contribution in [3.8, 4) is 11.1 Å². The third-order valence-electron chi connectivity index (χ3n) is 3.26. The third kappa shape index (κ3) is 3.61. The SMILES string of the molecule is O=C(/C=C/c1cccs1)Nc1scc(-c2ccccc2)c1C(=O)[O-]. The normalized spacial score (nSPS) is 10.8. The summed E-state index contributed by atoms with van der Waals surface area (Å²) in [4.78, 5) is 24.5. The minimum atomic E-state index is -1.31. The van der Waals surface area contributed by atoms with Crippen LogP contribution in [0.2, 0.25) is 0 Å². The molecule has 0 aliphatic rings. The first kappa shape index (κ1) is 16.2. The molecule has 2 aromatic heterocycles. The zero-order chi connectivity index (χ0) is 16.9. The van der Waals surface area contributed by atoms with E-state index in [-0.39, 0.29) is 16.5 Å². The van der Waals surface area contributed by atoms with E-state index in [1.54, 1.807) is 11.5 Å². The Bertz CT molecular complexity index is 880. The molecule has 4 nitrogen and oxygen atoms in total. The topological polar surface area (TPSA) is 69.2 Å². The van der Waals surface area contributed by atoms with Gasteiger partial charge in [-0.25, -0.2) is 0 Å². The molecule has 0 spiro atoms. The van der Waals surface area contributed by atoms with Crippen molar-refractivity contribution in [3.63, 3.8) is 0 Å². The van der Waals surface area contributed by atoms with Crippen molar-refractivity contribution in [1.29, 1.82) is 0 Å². The first-order valence-electron chi connectivity index (χ1n) is 7.06. The average molecular weight is 354 g/mol. The Morgan fingerprint density at radius 3 is 2.50 bits per heavy atom. The van der Waals surface area contributed by atoms with Gasteiger partial charge in [0.2, 0.25) is 5.91 Å². The van der Waals surface area contributed by atoms with Gasteiger partial charge in [0.1, 0.15) is 5.00 Å². The Labute approximate surface area is 146 Å². The van der Waals surface area contributed by atoms with Crippen LogP contribution in [0.15, 0.2) is 59.3 Å². The Morgan fingerprint density at radius 1 is 1.04 bits per heavy atom. The van der Waals surface area contributed by atoms with E-state index in [0.29, 0.717) is 5.56 Å². The van der Waals surface area contributed by atoms with E-state index in [2.05, 4.69) is 5.32 Å². The summed E-state index contributed by atoms with van der Waals surface area (Å²) in [7, 11) is 0. The van der Waals surface area contributed by atoms with Crippen LogP contribution in [0.3, 0.4) is 0 Å². The fraction of sp³-hybridized carbons (Fsp3) is 0. The third-order valence-corrected chi connectivity index (χ3v) is 4.99. The maximum atomic E-state index is 12.0. The molecule has 0 unspecified atom stereocenters. The monoisotopic (exact) mass is 354 g/mol. The summed E-state index contributed by atoms with van der Waals surface area (Å²) in [5.41, 5.74) is 1.31. The number of carboxylic acid groups (broad SMARTS) is 1. The number of aromatic carboxylic acids is 1. The molecule has 0 bridgehead atoms. The predicted octanol–water partition coefficient (Wildman–Crippen LogP) is 3.49. The molecule has 2 heterocycles. The number of carbonyl (C=O) groups excluding carboxylic acids is 2. The van der Waals surface area contributed by atoms with Crippen LogP contribution in [0, 0.1) is 0 Å². The van der Waals surface area contributed by atoms with Gasteiger partial charge in [-0.15, -0.1) is 22.7 Å². The van der Waals surface area contributed by atoms with Gasteiger partial charge in [0.05, 0.1) is 5.97 Å². The van der Waals surface area contributed by atoms with E-state index in [4.69, 9.17) is 0 Å². The summed E-state index contributed by atoms with van der Waals surface area (Å²) in [5.74, 6) is -1.69. The molecule has 0 saturated carbocycles. The Hall–Kier alpha value is -2.70. The van der Waals surface area contributed by atoms with Crippen LogP contribution in [0.5, 0.6) is 0 Å². The highest BCUT2D eigenvalue weighted by Crippen LogP contribution is 2.35. The van der Waals surface area contributed by atoms with E-state index in [9.17, 15) is 14.7 Å². The second kappa shape index (κ2) is 7.25. The molecule has 0 atom stereocenters. The number of anilines is 1. The molecule has 6 heteroatoms. The van der Waals surface area contributed by atoms with Gasteiger partial charge in [-0.1, -0.05) is 36.4 Å². The molecule has 1 aromatic carbocycles. The second-order valence-corrected chi connectivity index (χ2v) is 6.70. The first-order valence-corrected chi connectivity index (χ1v) is 8.82. The van der Waals surface area contributed by atoms with Crippen molar-refractivity contribution < 1.29 is 14.7 Å². The summed E-state index contributed by atoms with van der Waals surface area (Å²) >= 11 is 2.68. The molecule has 0 radical (unpaired) electrons. The summed E-state index contributed by atoms with van der Waals surface area (Å²) in [6.07, 6.45) is 3.07. The van der Waals surface area contributed by atoms with E-state index in [0.717, 1.165) is 10.4 Å².